The van der Waals surface area contributed by atoms with Crippen LogP contribution in [0.4, 0.5) is 21.0 Å². The Labute approximate surface area is 204 Å². The van der Waals surface area contributed by atoms with Gasteiger partial charge in [-0.2, -0.15) is 15.5 Å². The number of fused-ring (bicyclic) bond motifs is 1. The summed E-state index contributed by atoms with van der Waals surface area (Å²) in [7, 11) is 1.80. The molecule has 4 aromatic heterocycles. The molecule has 3 atom stereocenters. The highest BCUT2D eigenvalue weighted by atomic mass is 19.1. The van der Waals surface area contributed by atoms with Gasteiger partial charge in [0.2, 0.25) is 5.95 Å². The van der Waals surface area contributed by atoms with E-state index < -0.39 is 24.5 Å². The Morgan fingerprint density at radius 2 is 2.28 bits per heavy atom. The zero-order valence-corrected chi connectivity index (χ0v) is 19.6. The van der Waals surface area contributed by atoms with Gasteiger partial charge in [0.25, 0.3) is 0 Å². The van der Waals surface area contributed by atoms with Gasteiger partial charge in [-0.25, -0.2) is 19.2 Å². The fraction of sp³-hybridized carbons (Fsp3) is 0.364. The number of ether oxygens (including phenoxy) is 2. The maximum absolute atomic E-state index is 15.0. The lowest BCUT2D eigenvalue weighted by atomic mass is 10.1. The molecule has 0 aromatic carbocycles. The number of halogens is 1. The van der Waals surface area contributed by atoms with Gasteiger partial charge in [0, 0.05) is 31.5 Å². The van der Waals surface area contributed by atoms with Gasteiger partial charge >= 0.3 is 6.09 Å². The predicted octanol–water partition coefficient (Wildman–Crippen LogP) is 2.38. The lowest BCUT2D eigenvalue weighted by Gasteiger charge is -2.16. The van der Waals surface area contributed by atoms with Crippen molar-refractivity contribution in [3.8, 4) is 17.3 Å². The highest BCUT2D eigenvalue weighted by Crippen LogP contribution is 2.34. The van der Waals surface area contributed by atoms with Crippen LogP contribution in [-0.4, -0.2) is 65.4 Å². The van der Waals surface area contributed by atoms with Crippen LogP contribution in [0.2, 0.25) is 0 Å². The number of nitrogens with one attached hydrogen (secondary N) is 3. The number of amides is 1. The number of alkyl halides is 1. The number of aromatic amines is 1. The van der Waals surface area contributed by atoms with Crippen molar-refractivity contribution in [1.82, 2.24) is 39.7 Å². The molecule has 1 amide bonds. The van der Waals surface area contributed by atoms with E-state index in [1.165, 1.54) is 0 Å². The minimum atomic E-state index is -1.58. The number of nitrogens with zero attached hydrogens (tertiary/aromatic N) is 7. The van der Waals surface area contributed by atoms with Gasteiger partial charge < -0.3 is 20.1 Å². The molecule has 186 valence electrons. The number of alkyl carbamates (subject to hydrolysis) is 1. The minimum Gasteiger partial charge on any atom is -0.441 e. The van der Waals surface area contributed by atoms with Crippen LogP contribution in [0, 0.1) is 11.3 Å². The zero-order chi connectivity index (χ0) is 25.4. The third kappa shape index (κ3) is 4.31. The summed E-state index contributed by atoms with van der Waals surface area (Å²) in [5, 5.41) is 26.1. The fourth-order valence-corrected chi connectivity index (χ4v) is 3.95. The predicted molar refractivity (Wildman–Crippen MR) is 124 cm³/mol. The zero-order valence-electron chi connectivity index (χ0n) is 19.6. The topological polar surface area (TPSA) is 160 Å². The van der Waals surface area contributed by atoms with Crippen molar-refractivity contribution < 1.29 is 18.7 Å². The van der Waals surface area contributed by atoms with Crippen LogP contribution in [0.5, 0.6) is 0 Å². The van der Waals surface area contributed by atoms with Crippen LogP contribution < -0.4 is 10.6 Å². The maximum atomic E-state index is 15.0. The number of hydrogen-bond donors (Lipinski definition) is 3. The first-order valence-corrected chi connectivity index (χ1v) is 11.2. The van der Waals surface area contributed by atoms with E-state index in [-0.39, 0.29) is 18.3 Å². The Balaban J connectivity index is 1.36. The molecule has 0 unspecified atom stereocenters. The number of aromatic nitrogens is 7. The number of carbonyl (C=O) groups is 1. The third-order valence-corrected chi connectivity index (χ3v) is 5.60. The highest BCUT2D eigenvalue weighted by molar-refractivity contribution is 5.77. The van der Waals surface area contributed by atoms with E-state index in [0.717, 1.165) is 5.69 Å². The maximum Gasteiger partial charge on any atom is 0.407 e. The second-order valence-corrected chi connectivity index (χ2v) is 8.54. The smallest absolute Gasteiger partial charge is 0.407 e. The van der Waals surface area contributed by atoms with Gasteiger partial charge in [0.05, 0.1) is 29.8 Å². The van der Waals surface area contributed by atoms with Crippen molar-refractivity contribution in [3.63, 3.8) is 0 Å². The molecule has 0 bridgehead atoms. The largest absolute Gasteiger partial charge is 0.441 e. The second-order valence-electron chi connectivity index (χ2n) is 8.54. The van der Waals surface area contributed by atoms with Gasteiger partial charge in [-0.05, 0) is 19.9 Å². The number of nitriles is 1. The Hall–Kier alpha value is -4.51. The molecule has 13 nitrogen and oxygen atoms in total. The Morgan fingerprint density at radius 3 is 3.00 bits per heavy atom. The van der Waals surface area contributed by atoms with Gasteiger partial charge in [-0.1, -0.05) is 0 Å². The molecule has 4 aromatic rings. The molecule has 1 saturated heterocycles. The van der Waals surface area contributed by atoms with Gasteiger partial charge in [-0.15, -0.1) is 0 Å². The quantitative estimate of drug-likeness (QED) is 0.366. The summed E-state index contributed by atoms with van der Waals surface area (Å²) in [6.45, 7) is 3.48. The van der Waals surface area contributed by atoms with Gasteiger partial charge in [-0.3, -0.25) is 14.2 Å². The summed E-state index contributed by atoms with van der Waals surface area (Å²) in [6, 6.07) is 5.31. The van der Waals surface area contributed by atoms with Crippen LogP contribution >= 0.6 is 0 Å². The van der Waals surface area contributed by atoms with E-state index in [1.54, 1.807) is 54.6 Å². The SMILES string of the molecule is CC(C)NC(=O)O[C@H]1CO[C@@H](c2cc(Nc3ncc(-c4ccnn4C)c4nc(C#N)cn34)n[nH]2)[C@H]1F. The standard InChI is InChI=1S/C22H23FN10O3/c1-11(2)27-22(34)36-16-10-35-19(18(16)23)14-6-17(31-30-14)29-21-25-8-13(15-4-5-26-32(15)3)20-28-12(7-24)9-33(20)21/h4-6,8-9,11,16,18-19H,10H2,1-3H3,(H,27,34)(H2,25,29,30,31)/t16-,18-,19-/m0/s1. The fourth-order valence-electron chi connectivity index (χ4n) is 3.95. The van der Waals surface area contributed by atoms with Gasteiger partial charge in [0.15, 0.2) is 29.4 Å². The molecule has 3 N–H and O–H groups in total. The van der Waals surface area contributed by atoms with Gasteiger partial charge in [0.1, 0.15) is 12.2 Å². The van der Waals surface area contributed by atoms with E-state index in [4.69, 9.17) is 9.47 Å². The molecule has 1 aliphatic heterocycles. The Kier molecular flexibility index (Phi) is 5.98. The Bertz CT molecular complexity index is 1450. The number of rotatable bonds is 6. The average molecular weight is 494 g/mol. The van der Waals surface area contributed by atoms with Crippen LogP contribution in [0.1, 0.15) is 31.3 Å². The van der Waals surface area contributed by atoms with E-state index in [0.29, 0.717) is 28.7 Å². The van der Waals surface area contributed by atoms with Crippen molar-refractivity contribution in [3.05, 3.63) is 42.1 Å². The Morgan fingerprint density at radius 1 is 1.44 bits per heavy atom. The van der Waals surface area contributed by atoms with E-state index in [1.807, 2.05) is 12.1 Å². The highest BCUT2D eigenvalue weighted by Gasteiger charge is 2.42. The number of imidazole rings is 1. The first kappa shape index (κ1) is 23.2. The summed E-state index contributed by atoms with van der Waals surface area (Å²) in [5.74, 6) is 0.690. The van der Waals surface area contributed by atoms with Crippen LogP contribution in [0.3, 0.4) is 0 Å². The molecule has 1 aliphatic rings. The third-order valence-electron chi connectivity index (χ3n) is 5.60. The molecular weight excluding hydrogens is 471 g/mol. The molecule has 0 spiro atoms. The van der Waals surface area contributed by atoms with Crippen molar-refractivity contribution in [2.45, 2.75) is 38.3 Å². The molecule has 36 heavy (non-hydrogen) atoms. The van der Waals surface area contributed by atoms with Crippen LogP contribution in [0.15, 0.2) is 30.7 Å². The molecule has 14 heteroatoms. The molecule has 1 fully saturated rings. The van der Waals surface area contributed by atoms with Crippen molar-refractivity contribution in [2.75, 3.05) is 11.9 Å². The first-order chi connectivity index (χ1) is 17.3. The summed E-state index contributed by atoms with van der Waals surface area (Å²) in [5.41, 5.74) is 2.56. The summed E-state index contributed by atoms with van der Waals surface area (Å²) >= 11 is 0. The van der Waals surface area contributed by atoms with Crippen LogP contribution in [-0.2, 0) is 16.5 Å². The number of carbonyl (C=O) groups excluding carboxylic acids is 1. The lowest BCUT2D eigenvalue weighted by Crippen LogP contribution is -2.36. The van der Waals surface area contributed by atoms with Crippen molar-refractivity contribution in [1.29, 1.82) is 5.26 Å². The average Bonchev–Trinajstić information content (AvgIpc) is 3.62. The van der Waals surface area contributed by atoms with Crippen molar-refractivity contribution in [2.24, 2.45) is 7.05 Å². The molecule has 5 heterocycles. The number of H-pyrrole nitrogens is 1. The first-order valence-electron chi connectivity index (χ1n) is 11.2. The molecule has 0 aliphatic carbocycles. The minimum absolute atomic E-state index is 0.0806. The van der Waals surface area contributed by atoms with Crippen LogP contribution in [0.25, 0.3) is 16.9 Å². The second kappa shape index (κ2) is 9.27. The van der Waals surface area contributed by atoms with E-state index in [9.17, 15) is 14.4 Å². The van der Waals surface area contributed by atoms with E-state index >= 15 is 0 Å². The van der Waals surface area contributed by atoms with E-state index in [2.05, 4.69) is 35.9 Å². The normalized spacial score (nSPS) is 19.5. The monoisotopic (exact) mass is 494 g/mol. The number of hydrogen-bond acceptors (Lipinski definition) is 9. The molecular formula is C22H23FN10O3. The number of anilines is 2. The lowest BCUT2D eigenvalue weighted by molar-refractivity contribution is 0.0615. The summed E-state index contributed by atoms with van der Waals surface area (Å²) in [4.78, 5) is 20.7. The number of aryl methyl sites for hydroxylation is 1. The summed E-state index contributed by atoms with van der Waals surface area (Å²) < 4.78 is 29.0. The molecule has 0 radical (unpaired) electrons. The summed E-state index contributed by atoms with van der Waals surface area (Å²) in [6.07, 6.45) is 0.542. The van der Waals surface area contributed by atoms with Crippen molar-refractivity contribution >= 4 is 23.5 Å². The molecule has 0 saturated carbocycles. The molecule has 5 rings (SSSR count).